The fourth-order valence-electron chi connectivity index (χ4n) is 2.31. The molecule has 136 valence electrons. The van der Waals surface area contributed by atoms with Crippen LogP contribution in [0.1, 0.15) is 11.1 Å². The van der Waals surface area contributed by atoms with E-state index >= 15 is 0 Å². The first-order valence-corrected chi connectivity index (χ1v) is 8.36. The first-order chi connectivity index (χ1) is 13.1. The number of methoxy groups -OCH3 is 2. The summed E-state index contributed by atoms with van der Waals surface area (Å²) in [7, 11) is 3.16. The van der Waals surface area contributed by atoms with Crippen molar-refractivity contribution in [2.75, 3.05) is 25.3 Å². The van der Waals surface area contributed by atoms with Crippen molar-refractivity contribution in [1.29, 1.82) is 0 Å². The number of nitrogens with one attached hydrogen (secondary N) is 1. The van der Waals surface area contributed by atoms with E-state index in [1.165, 1.54) is 0 Å². The second kappa shape index (κ2) is 8.30. The molecule has 0 aliphatic rings. The van der Waals surface area contributed by atoms with E-state index in [0.29, 0.717) is 27.9 Å². The van der Waals surface area contributed by atoms with Crippen LogP contribution in [0, 0.1) is 11.8 Å². The topological polar surface area (TPSA) is 82.3 Å². The number of nitrogens with two attached hydrogens (primary N) is 1. The van der Waals surface area contributed by atoms with Gasteiger partial charge in [0.05, 0.1) is 26.0 Å². The first-order valence-electron chi connectivity index (χ1n) is 7.98. The number of benzene rings is 2. The van der Waals surface area contributed by atoms with Gasteiger partial charge in [-0.1, -0.05) is 23.4 Å². The average molecular weight is 381 g/mol. The van der Waals surface area contributed by atoms with Gasteiger partial charge in [0.1, 0.15) is 0 Å². The van der Waals surface area contributed by atoms with Crippen LogP contribution in [0.25, 0.3) is 0 Å². The van der Waals surface area contributed by atoms with Crippen molar-refractivity contribution in [2.24, 2.45) is 0 Å². The Kier molecular flexibility index (Phi) is 5.64. The summed E-state index contributed by atoms with van der Waals surface area (Å²) in [5.74, 6) is 7.99. The third-order valence-corrected chi connectivity index (χ3v) is 3.89. The molecule has 3 N–H and O–H groups in total. The van der Waals surface area contributed by atoms with E-state index in [9.17, 15) is 0 Å². The highest BCUT2D eigenvalue weighted by atomic mass is 35.5. The van der Waals surface area contributed by atoms with E-state index in [-0.39, 0.29) is 5.95 Å². The molecule has 0 unspecified atom stereocenters. The van der Waals surface area contributed by atoms with Gasteiger partial charge < -0.3 is 20.5 Å². The maximum absolute atomic E-state index is 5.90. The molecule has 1 aromatic heterocycles. The molecular weight excluding hydrogens is 364 g/mol. The van der Waals surface area contributed by atoms with Crippen molar-refractivity contribution in [3.8, 4) is 23.3 Å². The molecule has 0 saturated heterocycles. The van der Waals surface area contributed by atoms with Gasteiger partial charge in [-0.25, -0.2) is 4.98 Å². The third kappa shape index (κ3) is 4.60. The van der Waals surface area contributed by atoms with Crippen molar-refractivity contribution < 1.29 is 9.47 Å². The molecule has 6 nitrogen and oxygen atoms in total. The molecule has 27 heavy (non-hydrogen) atoms. The summed E-state index contributed by atoms with van der Waals surface area (Å²) in [5.41, 5.74) is 7.92. The zero-order valence-corrected chi connectivity index (χ0v) is 15.5. The highest BCUT2D eigenvalue weighted by molar-refractivity contribution is 6.30. The predicted octanol–water partition coefficient (Wildman–Crippen LogP) is 3.87. The number of ether oxygens (including phenoxy) is 2. The molecule has 1 heterocycles. The number of hydrogen-bond donors (Lipinski definition) is 2. The fraction of sp³-hybridized carbons (Fsp3) is 0.100. The van der Waals surface area contributed by atoms with Crippen LogP contribution in [0.2, 0.25) is 5.02 Å². The van der Waals surface area contributed by atoms with Gasteiger partial charge in [0.25, 0.3) is 0 Å². The van der Waals surface area contributed by atoms with Crippen LogP contribution in [-0.4, -0.2) is 24.2 Å². The molecular formula is C20H17ClN4O2. The van der Waals surface area contributed by atoms with Crippen molar-refractivity contribution in [3.05, 3.63) is 64.8 Å². The van der Waals surface area contributed by atoms with Gasteiger partial charge in [0.15, 0.2) is 17.3 Å². The van der Waals surface area contributed by atoms with Crippen molar-refractivity contribution in [3.63, 3.8) is 0 Å². The molecule has 3 rings (SSSR count). The molecule has 0 saturated carbocycles. The highest BCUT2D eigenvalue weighted by Gasteiger charge is 2.08. The summed E-state index contributed by atoms with van der Waals surface area (Å²) in [6.45, 7) is 0. The maximum Gasteiger partial charge on any atom is 0.222 e. The Morgan fingerprint density at radius 1 is 1.00 bits per heavy atom. The average Bonchev–Trinajstić information content (AvgIpc) is 2.68. The lowest BCUT2D eigenvalue weighted by Crippen LogP contribution is -2.03. The Morgan fingerprint density at radius 3 is 2.44 bits per heavy atom. The quantitative estimate of drug-likeness (QED) is 0.668. The van der Waals surface area contributed by atoms with E-state index in [2.05, 4.69) is 27.1 Å². The molecule has 0 bridgehead atoms. The largest absolute Gasteiger partial charge is 0.493 e. The molecule has 0 radical (unpaired) electrons. The smallest absolute Gasteiger partial charge is 0.222 e. The monoisotopic (exact) mass is 380 g/mol. The fourth-order valence-corrected chi connectivity index (χ4v) is 2.43. The minimum atomic E-state index is 0.148. The summed E-state index contributed by atoms with van der Waals surface area (Å²) in [6, 6.07) is 12.7. The van der Waals surface area contributed by atoms with E-state index in [0.717, 1.165) is 11.3 Å². The zero-order valence-electron chi connectivity index (χ0n) is 14.8. The molecule has 0 aliphatic carbocycles. The molecule has 2 aromatic carbocycles. The van der Waals surface area contributed by atoms with E-state index in [1.807, 2.05) is 18.2 Å². The van der Waals surface area contributed by atoms with Crippen molar-refractivity contribution in [1.82, 2.24) is 9.97 Å². The minimum Gasteiger partial charge on any atom is -0.493 e. The highest BCUT2D eigenvalue weighted by Crippen LogP contribution is 2.31. The Labute approximate surface area is 162 Å². The summed E-state index contributed by atoms with van der Waals surface area (Å²) in [5, 5.41) is 3.85. The summed E-state index contributed by atoms with van der Waals surface area (Å²) >= 11 is 5.90. The van der Waals surface area contributed by atoms with Crippen LogP contribution in [0.3, 0.4) is 0 Å². The maximum atomic E-state index is 5.90. The second-order valence-electron chi connectivity index (χ2n) is 5.44. The Bertz CT molecular complexity index is 1010. The minimum absolute atomic E-state index is 0.148. The van der Waals surface area contributed by atoms with Crippen molar-refractivity contribution >= 4 is 29.1 Å². The number of hydrogen-bond acceptors (Lipinski definition) is 6. The molecule has 0 aliphatic heterocycles. The van der Waals surface area contributed by atoms with Crippen LogP contribution >= 0.6 is 11.6 Å². The molecule has 0 fully saturated rings. The van der Waals surface area contributed by atoms with Crippen LogP contribution in [0.15, 0.2) is 48.7 Å². The summed E-state index contributed by atoms with van der Waals surface area (Å²) < 4.78 is 10.6. The van der Waals surface area contributed by atoms with Crippen LogP contribution in [-0.2, 0) is 0 Å². The Morgan fingerprint density at radius 2 is 1.74 bits per heavy atom. The standard InChI is InChI=1S/C20H17ClN4O2/c1-26-17-10-9-16(11-18(17)27-2)24-19-14(12-23-20(22)25-19)6-3-13-4-7-15(21)8-5-13/h4-5,7-12H,1-2H3,(H3,22,23,24,25). The lowest BCUT2D eigenvalue weighted by molar-refractivity contribution is 0.355. The summed E-state index contributed by atoms with van der Waals surface area (Å²) in [6.07, 6.45) is 1.58. The molecule has 0 atom stereocenters. The Balaban J connectivity index is 1.92. The van der Waals surface area contributed by atoms with Crippen LogP contribution in [0.5, 0.6) is 11.5 Å². The normalized spacial score (nSPS) is 9.89. The lowest BCUT2D eigenvalue weighted by atomic mass is 10.2. The Hall–Kier alpha value is -3.43. The molecule has 0 spiro atoms. The molecule has 3 aromatic rings. The predicted molar refractivity (Wildman–Crippen MR) is 107 cm³/mol. The first kappa shape index (κ1) is 18.4. The van der Waals surface area contributed by atoms with Gasteiger partial charge in [-0.15, -0.1) is 0 Å². The number of anilines is 3. The number of nitrogen functional groups attached to an aromatic ring is 1. The second-order valence-corrected chi connectivity index (χ2v) is 5.88. The van der Waals surface area contributed by atoms with E-state index in [4.69, 9.17) is 26.8 Å². The van der Waals surface area contributed by atoms with Gasteiger partial charge in [-0.2, -0.15) is 4.98 Å². The van der Waals surface area contributed by atoms with E-state index < -0.39 is 0 Å². The molecule has 7 heteroatoms. The summed E-state index contributed by atoms with van der Waals surface area (Å²) in [4.78, 5) is 8.28. The van der Waals surface area contributed by atoms with Gasteiger partial charge in [-0.05, 0) is 36.4 Å². The van der Waals surface area contributed by atoms with Crippen LogP contribution < -0.4 is 20.5 Å². The van der Waals surface area contributed by atoms with Gasteiger partial charge in [0, 0.05) is 22.3 Å². The van der Waals surface area contributed by atoms with E-state index in [1.54, 1.807) is 44.7 Å². The number of nitrogens with zero attached hydrogens (tertiary/aromatic N) is 2. The van der Waals surface area contributed by atoms with Crippen molar-refractivity contribution in [2.45, 2.75) is 0 Å². The zero-order chi connectivity index (χ0) is 19.2. The number of halogens is 1. The van der Waals surface area contributed by atoms with Gasteiger partial charge >= 0.3 is 0 Å². The van der Waals surface area contributed by atoms with Gasteiger partial charge in [0.2, 0.25) is 5.95 Å². The number of rotatable bonds is 4. The SMILES string of the molecule is COc1ccc(Nc2nc(N)ncc2C#Cc2ccc(Cl)cc2)cc1OC. The number of aromatic nitrogens is 2. The van der Waals surface area contributed by atoms with Crippen LogP contribution in [0.4, 0.5) is 17.5 Å². The third-order valence-electron chi connectivity index (χ3n) is 3.64. The molecule has 0 amide bonds. The lowest BCUT2D eigenvalue weighted by Gasteiger charge is -2.12. The van der Waals surface area contributed by atoms with Gasteiger partial charge in [-0.3, -0.25) is 0 Å².